The van der Waals surface area contributed by atoms with Gasteiger partial charge in [0.15, 0.2) is 11.5 Å². The van der Waals surface area contributed by atoms with E-state index < -0.39 is 12.1 Å². The van der Waals surface area contributed by atoms with Crippen molar-refractivity contribution in [1.82, 2.24) is 30.1 Å². The third-order valence-electron chi connectivity index (χ3n) is 5.37. The molecule has 1 aromatic carbocycles. The lowest BCUT2D eigenvalue weighted by molar-refractivity contribution is -0.128. The predicted molar refractivity (Wildman–Crippen MR) is 115 cm³/mol. The molecular weight excluding hydrogens is 412 g/mol. The molecule has 0 radical (unpaired) electrons. The highest BCUT2D eigenvalue weighted by Gasteiger charge is 2.37. The number of benzene rings is 1. The van der Waals surface area contributed by atoms with Gasteiger partial charge in [-0.05, 0) is 43.2 Å². The minimum atomic E-state index is -0.726. The van der Waals surface area contributed by atoms with Crippen molar-refractivity contribution in [2.75, 3.05) is 7.11 Å². The number of methoxy groups -OCH3 is 1. The SMILES string of the molecule is COc1ccc(CN2C(=O)N[C@H](CCC(=O)N[C@H](C)c3nnc4ccccn34)C2=O)cc1. The summed E-state index contributed by atoms with van der Waals surface area (Å²) in [6.45, 7) is 1.98. The van der Waals surface area contributed by atoms with Gasteiger partial charge >= 0.3 is 6.03 Å². The second kappa shape index (κ2) is 9.04. The van der Waals surface area contributed by atoms with Gasteiger partial charge in [0.25, 0.3) is 5.91 Å². The second-order valence-electron chi connectivity index (χ2n) is 7.59. The Labute approximate surface area is 184 Å². The summed E-state index contributed by atoms with van der Waals surface area (Å²) >= 11 is 0. The average Bonchev–Trinajstić information content (AvgIpc) is 3.34. The van der Waals surface area contributed by atoms with Gasteiger partial charge in [-0.15, -0.1) is 10.2 Å². The molecule has 166 valence electrons. The summed E-state index contributed by atoms with van der Waals surface area (Å²) < 4.78 is 6.93. The number of carbonyl (C=O) groups excluding carboxylic acids is 3. The lowest BCUT2D eigenvalue weighted by Crippen LogP contribution is -2.33. The Hall–Kier alpha value is -3.95. The fourth-order valence-corrected chi connectivity index (χ4v) is 3.64. The van der Waals surface area contributed by atoms with Crippen molar-refractivity contribution in [1.29, 1.82) is 0 Å². The summed E-state index contributed by atoms with van der Waals surface area (Å²) in [6, 6.07) is 11.2. The van der Waals surface area contributed by atoms with E-state index in [1.54, 1.807) is 31.4 Å². The number of imide groups is 1. The largest absolute Gasteiger partial charge is 0.497 e. The van der Waals surface area contributed by atoms with Crippen LogP contribution in [0.5, 0.6) is 5.75 Å². The number of amides is 4. The number of pyridine rings is 1. The van der Waals surface area contributed by atoms with E-state index in [2.05, 4.69) is 20.8 Å². The summed E-state index contributed by atoms with van der Waals surface area (Å²) in [7, 11) is 1.57. The molecule has 0 saturated carbocycles. The van der Waals surface area contributed by atoms with Crippen molar-refractivity contribution in [2.24, 2.45) is 0 Å². The van der Waals surface area contributed by atoms with E-state index >= 15 is 0 Å². The molecule has 0 spiro atoms. The van der Waals surface area contributed by atoms with Crippen LogP contribution in [0.25, 0.3) is 5.65 Å². The van der Waals surface area contributed by atoms with Crippen molar-refractivity contribution in [3.05, 3.63) is 60.0 Å². The van der Waals surface area contributed by atoms with Gasteiger partial charge in [-0.2, -0.15) is 0 Å². The highest BCUT2D eigenvalue weighted by atomic mass is 16.5. The molecule has 0 unspecified atom stereocenters. The molecule has 0 aliphatic carbocycles. The van der Waals surface area contributed by atoms with Crippen molar-refractivity contribution >= 4 is 23.5 Å². The first kappa shape index (κ1) is 21.3. The Balaban J connectivity index is 1.30. The second-order valence-corrected chi connectivity index (χ2v) is 7.59. The zero-order valence-electron chi connectivity index (χ0n) is 17.8. The number of nitrogens with zero attached hydrogens (tertiary/aromatic N) is 4. The summed E-state index contributed by atoms with van der Waals surface area (Å²) in [5, 5.41) is 13.8. The van der Waals surface area contributed by atoms with Gasteiger partial charge in [0.1, 0.15) is 11.8 Å². The molecule has 1 saturated heterocycles. The molecule has 1 aliphatic rings. The molecule has 2 N–H and O–H groups in total. The van der Waals surface area contributed by atoms with Crippen LogP contribution in [-0.2, 0) is 16.1 Å². The first-order valence-corrected chi connectivity index (χ1v) is 10.3. The minimum absolute atomic E-state index is 0.0914. The maximum absolute atomic E-state index is 12.7. The smallest absolute Gasteiger partial charge is 0.325 e. The van der Waals surface area contributed by atoms with Crippen LogP contribution in [0.4, 0.5) is 4.79 Å². The molecule has 1 aliphatic heterocycles. The summed E-state index contributed by atoms with van der Waals surface area (Å²) in [5.74, 6) is 0.740. The fourth-order valence-electron chi connectivity index (χ4n) is 3.64. The van der Waals surface area contributed by atoms with Crippen LogP contribution in [-0.4, -0.2) is 50.5 Å². The molecule has 10 heteroatoms. The molecule has 4 amide bonds. The third kappa shape index (κ3) is 4.39. The number of ether oxygens (including phenoxy) is 1. The van der Waals surface area contributed by atoms with Gasteiger partial charge in [0, 0.05) is 12.6 Å². The zero-order valence-corrected chi connectivity index (χ0v) is 17.8. The van der Waals surface area contributed by atoms with E-state index in [0.29, 0.717) is 17.2 Å². The zero-order chi connectivity index (χ0) is 22.7. The molecule has 10 nitrogen and oxygen atoms in total. The van der Waals surface area contributed by atoms with Crippen LogP contribution in [0.1, 0.15) is 37.2 Å². The van der Waals surface area contributed by atoms with Gasteiger partial charge in [-0.3, -0.25) is 18.9 Å². The third-order valence-corrected chi connectivity index (χ3v) is 5.37. The van der Waals surface area contributed by atoms with E-state index in [-0.39, 0.29) is 37.2 Å². The number of carbonyl (C=O) groups is 3. The van der Waals surface area contributed by atoms with Gasteiger partial charge in [-0.1, -0.05) is 18.2 Å². The van der Waals surface area contributed by atoms with E-state index in [1.807, 2.05) is 35.7 Å². The summed E-state index contributed by atoms with van der Waals surface area (Å²) in [5.41, 5.74) is 1.50. The maximum Gasteiger partial charge on any atom is 0.325 e. The van der Waals surface area contributed by atoms with Crippen LogP contribution in [0.3, 0.4) is 0 Å². The summed E-state index contributed by atoms with van der Waals surface area (Å²) in [6.07, 6.45) is 2.13. The number of urea groups is 1. The lowest BCUT2D eigenvalue weighted by Gasteiger charge is -2.14. The Morgan fingerprint density at radius 2 is 1.97 bits per heavy atom. The van der Waals surface area contributed by atoms with Gasteiger partial charge < -0.3 is 15.4 Å². The molecule has 32 heavy (non-hydrogen) atoms. The monoisotopic (exact) mass is 436 g/mol. The number of aromatic nitrogens is 3. The molecule has 0 bridgehead atoms. The van der Waals surface area contributed by atoms with Gasteiger partial charge in [0.2, 0.25) is 5.91 Å². The normalized spacial score (nSPS) is 16.8. The van der Waals surface area contributed by atoms with E-state index in [4.69, 9.17) is 4.74 Å². The Bertz CT molecular complexity index is 1140. The lowest BCUT2D eigenvalue weighted by atomic mass is 10.1. The highest BCUT2D eigenvalue weighted by Crippen LogP contribution is 2.18. The van der Waals surface area contributed by atoms with Crippen LogP contribution in [0, 0.1) is 0 Å². The van der Waals surface area contributed by atoms with Crippen molar-refractivity contribution in [2.45, 2.75) is 38.4 Å². The Kier molecular flexibility index (Phi) is 6.02. The molecule has 2 atom stereocenters. The first-order chi connectivity index (χ1) is 15.5. The molecule has 3 heterocycles. The maximum atomic E-state index is 12.7. The summed E-state index contributed by atoms with van der Waals surface area (Å²) in [4.78, 5) is 38.6. The molecular formula is C22H24N6O4. The van der Waals surface area contributed by atoms with E-state index in [9.17, 15) is 14.4 Å². The van der Waals surface area contributed by atoms with Crippen molar-refractivity contribution < 1.29 is 19.1 Å². The highest BCUT2D eigenvalue weighted by molar-refractivity contribution is 6.04. The van der Waals surface area contributed by atoms with Crippen LogP contribution >= 0.6 is 0 Å². The number of nitrogens with one attached hydrogen (secondary N) is 2. The van der Waals surface area contributed by atoms with Crippen LogP contribution in [0.15, 0.2) is 48.7 Å². The Morgan fingerprint density at radius 1 is 1.19 bits per heavy atom. The van der Waals surface area contributed by atoms with E-state index in [1.165, 1.54) is 0 Å². The first-order valence-electron chi connectivity index (χ1n) is 10.3. The average molecular weight is 436 g/mol. The Morgan fingerprint density at radius 3 is 2.72 bits per heavy atom. The number of fused-ring (bicyclic) bond motifs is 1. The van der Waals surface area contributed by atoms with Crippen molar-refractivity contribution in [3.8, 4) is 5.75 Å². The van der Waals surface area contributed by atoms with Crippen LogP contribution in [0.2, 0.25) is 0 Å². The number of rotatable bonds is 8. The quantitative estimate of drug-likeness (QED) is 0.520. The standard InChI is InChI=1S/C22H24N6O4/c1-14(20-26-25-18-5-3-4-12-27(18)20)23-19(29)11-10-17-21(30)28(22(31)24-17)13-15-6-8-16(32-2)9-7-15/h3-9,12,14,17H,10-11,13H2,1-2H3,(H,23,29)(H,24,31)/t14-,17-/m1/s1. The van der Waals surface area contributed by atoms with Crippen LogP contribution < -0.4 is 15.4 Å². The minimum Gasteiger partial charge on any atom is -0.497 e. The van der Waals surface area contributed by atoms with Gasteiger partial charge in [-0.25, -0.2) is 4.79 Å². The van der Waals surface area contributed by atoms with Gasteiger partial charge in [0.05, 0.1) is 19.7 Å². The fraction of sp³-hybridized carbons (Fsp3) is 0.318. The van der Waals surface area contributed by atoms with Crippen molar-refractivity contribution in [3.63, 3.8) is 0 Å². The molecule has 3 aromatic rings. The molecule has 2 aromatic heterocycles. The molecule has 1 fully saturated rings. The topological polar surface area (TPSA) is 118 Å². The molecule has 4 rings (SSSR count). The predicted octanol–water partition coefficient (Wildman–Crippen LogP) is 1.82. The number of hydrogen-bond acceptors (Lipinski definition) is 6. The number of hydrogen-bond donors (Lipinski definition) is 2. The van der Waals surface area contributed by atoms with E-state index in [0.717, 1.165) is 10.5 Å².